The van der Waals surface area contributed by atoms with Gasteiger partial charge in [0.2, 0.25) is 0 Å². The number of guanidine groups is 1. The van der Waals surface area contributed by atoms with Crippen molar-refractivity contribution in [3.8, 4) is 5.75 Å². The summed E-state index contributed by atoms with van der Waals surface area (Å²) in [7, 11) is 5.42. The van der Waals surface area contributed by atoms with E-state index >= 15 is 0 Å². The van der Waals surface area contributed by atoms with Crippen LogP contribution >= 0.6 is 24.0 Å². The van der Waals surface area contributed by atoms with Crippen molar-refractivity contribution in [1.82, 2.24) is 30.3 Å². The molecule has 1 aliphatic rings. The van der Waals surface area contributed by atoms with Crippen LogP contribution in [0, 0.1) is 6.92 Å². The molecule has 2 N–H and O–H groups in total. The minimum atomic E-state index is 0. The van der Waals surface area contributed by atoms with Crippen LogP contribution in [-0.2, 0) is 24.9 Å². The molecule has 184 valence electrons. The average Bonchev–Trinajstić information content (AvgIpc) is 3.14. The lowest BCUT2D eigenvalue weighted by molar-refractivity contribution is 0.155. The monoisotopic (exact) mass is 571 g/mol. The molecule has 10 heteroatoms. The molecule has 1 saturated heterocycles. The first-order chi connectivity index (χ1) is 15.6. The number of halogens is 1. The van der Waals surface area contributed by atoms with Gasteiger partial charge in [-0.3, -0.25) is 0 Å². The van der Waals surface area contributed by atoms with E-state index in [1.165, 1.54) is 0 Å². The predicted molar refractivity (Wildman–Crippen MR) is 141 cm³/mol. The maximum absolute atomic E-state index is 5.25. The number of hydrogen-bond donors (Lipinski definition) is 2. The van der Waals surface area contributed by atoms with Gasteiger partial charge in [-0.05, 0) is 43.9 Å². The molecule has 3 rings (SSSR count). The molecule has 33 heavy (non-hydrogen) atoms. The predicted octanol–water partition coefficient (Wildman–Crippen LogP) is 2.49. The zero-order chi connectivity index (χ0) is 22.8. The van der Waals surface area contributed by atoms with Crippen LogP contribution in [0.2, 0.25) is 0 Å². The van der Waals surface area contributed by atoms with Crippen molar-refractivity contribution in [2.24, 2.45) is 12.0 Å². The molecule has 2 aromatic rings. The van der Waals surface area contributed by atoms with Gasteiger partial charge in [-0.15, -0.1) is 34.2 Å². The Morgan fingerprint density at radius 2 is 1.88 bits per heavy atom. The second-order valence-corrected chi connectivity index (χ2v) is 8.20. The first kappa shape index (κ1) is 27.3. The largest absolute Gasteiger partial charge is 0.497 e. The number of aliphatic imine (C=N–C) groups is 1. The first-order valence-electron chi connectivity index (χ1n) is 11.3. The Morgan fingerprint density at radius 3 is 2.48 bits per heavy atom. The van der Waals surface area contributed by atoms with E-state index in [0.717, 1.165) is 74.4 Å². The van der Waals surface area contributed by atoms with E-state index in [0.29, 0.717) is 19.1 Å². The summed E-state index contributed by atoms with van der Waals surface area (Å²) in [5.41, 5.74) is 1.13. The number of rotatable bonds is 10. The number of nitrogens with one attached hydrogen (secondary N) is 2. The smallest absolute Gasteiger partial charge is 0.192 e. The first-order valence-corrected chi connectivity index (χ1v) is 11.3. The second-order valence-electron chi connectivity index (χ2n) is 8.20. The van der Waals surface area contributed by atoms with E-state index in [2.05, 4.69) is 25.7 Å². The molecule has 9 nitrogen and oxygen atoms in total. The molecule has 0 saturated carbocycles. The van der Waals surface area contributed by atoms with Crippen LogP contribution in [-0.4, -0.2) is 72.1 Å². The van der Waals surface area contributed by atoms with E-state index in [4.69, 9.17) is 14.5 Å². The average molecular weight is 572 g/mol. The highest BCUT2D eigenvalue weighted by molar-refractivity contribution is 14.0. The van der Waals surface area contributed by atoms with Gasteiger partial charge in [0.25, 0.3) is 0 Å². The van der Waals surface area contributed by atoms with Gasteiger partial charge in [-0.25, -0.2) is 4.99 Å². The van der Waals surface area contributed by atoms with Crippen molar-refractivity contribution in [2.45, 2.75) is 45.3 Å². The van der Waals surface area contributed by atoms with Crippen LogP contribution in [0.5, 0.6) is 5.75 Å². The number of ether oxygens (including phenoxy) is 2. The van der Waals surface area contributed by atoms with Crippen LogP contribution in [0.25, 0.3) is 0 Å². The molecule has 1 aliphatic heterocycles. The standard InChI is InChI=1S/C23H37N7O2.HI/c1-18-27-28-22(29(18)2)17-25-23(24-16-19-6-8-21(32-4)9-7-19)26-20-10-13-30(14-11-20)12-5-15-31-3;/h6-9,20H,5,10-17H2,1-4H3,(H2,24,25,26);1H. The highest BCUT2D eigenvalue weighted by Crippen LogP contribution is 2.13. The Kier molecular flexibility index (Phi) is 11.9. The third-order valence-electron chi connectivity index (χ3n) is 5.93. The van der Waals surface area contributed by atoms with E-state index in [1.807, 2.05) is 42.8 Å². The van der Waals surface area contributed by atoms with Crippen LogP contribution in [0.4, 0.5) is 0 Å². The Bertz CT molecular complexity index is 849. The summed E-state index contributed by atoms with van der Waals surface area (Å²) in [5.74, 6) is 3.44. The summed E-state index contributed by atoms with van der Waals surface area (Å²) in [6.07, 6.45) is 3.28. The lowest BCUT2D eigenvalue weighted by atomic mass is 10.1. The summed E-state index contributed by atoms with van der Waals surface area (Å²) in [5, 5.41) is 15.5. The molecule has 0 aliphatic carbocycles. The Balaban J connectivity index is 0.00000385. The number of hydrogen-bond acceptors (Lipinski definition) is 6. The van der Waals surface area contributed by atoms with Gasteiger partial charge < -0.3 is 29.6 Å². The minimum absolute atomic E-state index is 0. The van der Waals surface area contributed by atoms with Crippen LogP contribution in [0.15, 0.2) is 29.3 Å². The normalized spacial score (nSPS) is 15.2. The molecule has 0 atom stereocenters. The molecule has 1 aromatic heterocycles. The summed E-state index contributed by atoms with van der Waals surface area (Å²) >= 11 is 0. The quantitative estimate of drug-likeness (QED) is 0.196. The lowest BCUT2D eigenvalue weighted by Crippen LogP contribution is -2.48. The van der Waals surface area contributed by atoms with Gasteiger partial charge in [0, 0.05) is 46.4 Å². The zero-order valence-electron chi connectivity index (χ0n) is 20.2. The molecule has 0 unspecified atom stereocenters. The maximum atomic E-state index is 5.25. The Labute approximate surface area is 214 Å². The van der Waals surface area contributed by atoms with Crippen molar-refractivity contribution >= 4 is 29.9 Å². The van der Waals surface area contributed by atoms with E-state index in [9.17, 15) is 0 Å². The minimum Gasteiger partial charge on any atom is -0.497 e. The number of nitrogens with zero attached hydrogens (tertiary/aromatic N) is 5. The number of methoxy groups -OCH3 is 2. The summed E-state index contributed by atoms with van der Waals surface area (Å²) in [6.45, 7) is 7.22. The van der Waals surface area contributed by atoms with Gasteiger partial charge in [-0.1, -0.05) is 12.1 Å². The number of benzene rings is 1. The molecule has 0 bridgehead atoms. The number of piperidine rings is 1. The lowest BCUT2D eigenvalue weighted by Gasteiger charge is -2.33. The summed E-state index contributed by atoms with van der Waals surface area (Å²) in [4.78, 5) is 7.36. The van der Waals surface area contributed by atoms with Crippen LogP contribution in [0.3, 0.4) is 0 Å². The molecular weight excluding hydrogens is 533 g/mol. The van der Waals surface area contributed by atoms with Gasteiger partial charge >= 0.3 is 0 Å². The van der Waals surface area contributed by atoms with Gasteiger partial charge in [0.1, 0.15) is 11.6 Å². The van der Waals surface area contributed by atoms with Crippen molar-refractivity contribution in [3.05, 3.63) is 41.5 Å². The Morgan fingerprint density at radius 1 is 1.15 bits per heavy atom. The molecule has 0 amide bonds. The SMILES string of the molecule is COCCCN1CCC(NC(=NCc2ccc(OC)cc2)NCc2nnc(C)n2C)CC1.I. The molecule has 0 radical (unpaired) electrons. The molecule has 1 fully saturated rings. The third-order valence-corrected chi connectivity index (χ3v) is 5.93. The Hall–Kier alpha value is -1.92. The van der Waals surface area contributed by atoms with Crippen molar-refractivity contribution in [2.75, 3.05) is 40.5 Å². The van der Waals surface area contributed by atoms with Crippen LogP contribution in [0.1, 0.15) is 36.5 Å². The van der Waals surface area contributed by atoms with Crippen molar-refractivity contribution in [1.29, 1.82) is 0 Å². The van der Waals surface area contributed by atoms with E-state index in [-0.39, 0.29) is 24.0 Å². The molecule has 0 spiro atoms. The third kappa shape index (κ3) is 8.74. The fraction of sp³-hybridized carbons (Fsp3) is 0.609. The molecule has 1 aromatic carbocycles. The zero-order valence-corrected chi connectivity index (χ0v) is 22.5. The van der Waals surface area contributed by atoms with Gasteiger partial charge in [0.05, 0.1) is 20.2 Å². The topological polar surface area (TPSA) is 88.8 Å². The summed E-state index contributed by atoms with van der Waals surface area (Å²) in [6, 6.07) is 8.42. The van der Waals surface area contributed by atoms with Gasteiger partial charge in [0.15, 0.2) is 11.8 Å². The summed E-state index contributed by atoms with van der Waals surface area (Å²) < 4.78 is 12.4. The van der Waals surface area contributed by atoms with Gasteiger partial charge in [-0.2, -0.15) is 0 Å². The fourth-order valence-corrected chi connectivity index (χ4v) is 3.75. The van der Waals surface area contributed by atoms with E-state index < -0.39 is 0 Å². The van der Waals surface area contributed by atoms with Crippen LogP contribution < -0.4 is 15.4 Å². The fourth-order valence-electron chi connectivity index (χ4n) is 3.75. The second kappa shape index (κ2) is 14.4. The number of aryl methyl sites for hydroxylation is 1. The highest BCUT2D eigenvalue weighted by atomic mass is 127. The molecular formula is C23H38IN7O2. The number of likely N-dealkylation sites (tertiary alicyclic amines) is 1. The molecule has 2 heterocycles. The maximum Gasteiger partial charge on any atom is 0.192 e. The van der Waals surface area contributed by atoms with E-state index in [1.54, 1.807) is 14.2 Å². The van der Waals surface area contributed by atoms with Crippen molar-refractivity contribution < 1.29 is 9.47 Å². The van der Waals surface area contributed by atoms with Crippen molar-refractivity contribution in [3.63, 3.8) is 0 Å². The number of aromatic nitrogens is 3. The highest BCUT2D eigenvalue weighted by Gasteiger charge is 2.20.